The minimum Gasteiger partial charge on any atom is -0.361 e. The third-order valence-corrected chi connectivity index (χ3v) is 5.08. The molecule has 30 heavy (non-hydrogen) atoms. The lowest BCUT2D eigenvalue weighted by Gasteiger charge is -2.09. The van der Waals surface area contributed by atoms with Crippen LogP contribution in [0.3, 0.4) is 0 Å². The lowest BCUT2D eigenvalue weighted by Crippen LogP contribution is -2.16. The summed E-state index contributed by atoms with van der Waals surface area (Å²) in [7, 11) is 0. The minimum atomic E-state index is -0.255. The van der Waals surface area contributed by atoms with Crippen molar-refractivity contribution in [1.82, 2.24) is 15.0 Å². The second-order valence-electron chi connectivity index (χ2n) is 7.53. The molecule has 4 aromatic rings. The van der Waals surface area contributed by atoms with Crippen molar-refractivity contribution in [3.8, 4) is 0 Å². The molecule has 4 rings (SSSR count). The van der Waals surface area contributed by atoms with Gasteiger partial charge in [0.05, 0.1) is 0 Å². The summed E-state index contributed by atoms with van der Waals surface area (Å²) >= 11 is 0. The molecule has 1 amide bonds. The monoisotopic (exact) mass is 399 g/mol. The smallest absolute Gasteiger partial charge is 0.274 e. The predicted molar refractivity (Wildman–Crippen MR) is 121 cm³/mol. The van der Waals surface area contributed by atoms with Crippen LogP contribution in [-0.4, -0.2) is 27.4 Å². The average molecular weight is 399 g/mol. The highest BCUT2D eigenvalue weighted by Crippen LogP contribution is 2.19. The van der Waals surface area contributed by atoms with Crippen LogP contribution >= 0.6 is 0 Å². The highest BCUT2D eigenvalue weighted by atomic mass is 16.1. The second kappa shape index (κ2) is 8.78. The van der Waals surface area contributed by atoms with Crippen molar-refractivity contribution in [2.24, 2.45) is 0 Å². The Morgan fingerprint density at radius 1 is 1.07 bits per heavy atom. The summed E-state index contributed by atoms with van der Waals surface area (Å²) in [5.41, 5.74) is 4.67. The summed E-state index contributed by atoms with van der Waals surface area (Å²) in [4.78, 5) is 24.4. The summed E-state index contributed by atoms with van der Waals surface area (Å²) in [5.74, 6) is 0.640. The number of carbonyl (C=O) groups is 1. The largest absolute Gasteiger partial charge is 0.361 e. The summed E-state index contributed by atoms with van der Waals surface area (Å²) in [6.45, 7) is 4.95. The first-order valence-corrected chi connectivity index (χ1v) is 10.1. The lowest BCUT2D eigenvalue weighted by atomic mass is 10.0. The summed E-state index contributed by atoms with van der Waals surface area (Å²) in [5, 5.41) is 7.32. The molecule has 0 bridgehead atoms. The number of anilines is 2. The summed E-state index contributed by atoms with van der Waals surface area (Å²) < 4.78 is 0. The van der Waals surface area contributed by atoms with Crippen LogP contribution in [0.25, 0.3) is 10.9 Å². The van der Waals surface area contributed by atoms with Gasteiger partial charge in [-0.05, 0) is 47.7 Å². The van der Waals surface area contributed by atoms with E-state index in [4.69, 9.17) is 0 Å². The number of para-hydroxylation sites is 1. The lowest BCUT2D eigenvalue weighted by molar-refractivity contribution is 0.102. The molecule has 0 spiro atoms. The molecule has 152 valence electrons. The van der Waals surface area contributed by atoms with E-state index in [-0.39, 0.29) is 5.91 Å². The van der Waals surface area contributed by atoms with Gasteiger partial charge in [0.2, 0.25) is 5.95 Å². The fourth-order valence-corrected chi connectivity index (χ4v) is 3.36. The van der Waals surface area contributed by atoms with Crippen LogP contribution in [0.15, 0.2) is 67.0 Å². The van der Waals surface area contributed by atoms with Crippen molar-refractivity contribution in [3.63, 3.8) is 0 Å². The number of rotatable bonds is 7. The maximum atomic E-state index is 12.6. The number of amides is 1. The maximum Gasteiger partial charge on any atom is 0.274 e. The maximum absolute atomic E-state index is 12.6. The normalized spacial score (nSPS) is 11.0. The van der Waals surface area contributed by atoms with Crippen molar-refractivity contribution in [2.75, 3.05) is 17.2 Å². The van der Waals surface area contributed by atoms with E-state index in [0.29, 0.717) is 24.1 Å². The Kier molecular flexibility index (Phi) is 5.75. The van der Waals surface area contributed by atoms with Crippen molar-refractivity contribution in [1.29, 1.82) is 0 Å². The quantitative estimate of drug-likeness (QED) is 0.409. The first-order chi connectivity index (χ1) is 14.6. The van der Waals surface area contributed by atoms with Crippen molar-refractivity contribution < 1.29 is 4.79 Å². The van der Waals surface area contributed by atoms with Gasteiger partial charge in [0, 0.05) is 35.5 Å². The van der Waals surface area contributed by atoms with Gasteiger partial charge >= 0.3 is 0 Å². The first kappa shape index (κ1) is 19.6. The number of nitrogens with one attached hydrogen (secondary N) is 3. The van der Waals surface area contributed by atoms with Crippen LogP contribution in [0.2, 0.25) is 0 Å². The molecule has 2 heterocycles. The van der Waals surface area contributed by atoms with Crippen molar-refractivity contribution in [2.45, 2.75) is 26.2 Å². The van der Waals surface area contributed by atoms with Gasteiger partial charge in [-0.2, -0.15) is 0 Å². The zero-order chi connectivity index (χ0) is 20.9. The highest BCUT2D eigenvalue weighted by Gasteiger charge is 2.10. The number of carbonyl (C=O) groups excluding carboxylic acids is 1. The molecule has 2 aromatic carbocycles. The number of fused-ring (bicyclic) bond motifs is 1. The zero-order valence-corrected chi connectivity index (χ0v) is 17.1. The van der Waals surface area contributed by atoms with E-state index in [0.717, 1.165) is 17.6 Å². The second-order valence-corrected chi connectivity index (χ2v) is 7.53. The summed E-state index contributed by atoms with van der Waals surface area (Å²) in [6.07, 6.45) is 4.45. The molecule has 0 aliphatic heterocycles. The fourth-order valence-electron chi connectivity index (χ4n) is 3.36. The Morgan fingerprint density at radius 2 is 1.87 bits per heavy atom. The third kappa shape index (κ3) is 4.49. The van der Waals surface area contributed by atoms with Crippen LogP contribution in [0.4, 0.5) is 11.6 Å². The van der Waals surface area contributed by atoms with Crippen LogP contribution in [0.5, 0.6) is 0 Å². The van der Waals surface area contributed by atoms with E-state index in [1.807, 2.05) is 42.6 Å². The molecule has 6 heteroatoms. The topological polar surface area (TPSA) is 82.7 Å². The Hall–Kier alpha value is -3.67. The number of aromatic amines is 1. The molecule has 3 N–H and O–H groups in total. The molecule has 0 atom stereocenters. The van der Waals surface area contributed by atoms with Gasteiger partial charge in [-0.1, -0.05) is 44.2 Å². The predicted octanol–water partition coefficient (Wildman–Crippen LogP) is 4.99. The van der Waals surface area contributed by atoms with E-state index in [2.05, 4.69) is 51.6 Å². The number of aromatic nitrogens is 3. The Bertz CT molecular complexity index is 1150. The molecular formula is C24H25N5O. The fraction of sp³-hybridized carbons (Fsp3) is 0.208. The number of H-pyrrole nitrogens is 1. The molecule has 0 saturated heterocycles. The molecule has 0 radical (unpaired) electrons. The van der Waals surface area contributed by atoms with Crippen LogP contribution in [-0.2, 0) is 6.42 Å². The van der Waals surface area contributed by atoms with Crippen LogP contribution in [0.1, 0.15) is 41.4 Å². The van der Waals surface area contributed by atoms with Crippen molar-refractivity contribution >= 4 is 28.4 Å². The van der Waals surface area contributed by atoms with E-state index < -0.39 is 0 Å². The number of nitrogens with zero attached hydrogens (tertiary/aromatic N) is 2. The number of hydrogen-bond donors (Lipinski definition) is 3. The zero-order valence-electron chi connectivity index (χ0n) is 17.1. The molecule has 0 fully saturated rings. The van der Waals surface area contributed by atoms with Crippen LogP contribution < -0.4 is 10.6 Å². The molecule has 0 unspecified atom stereocenters. The van der Waals surface area contributed by atoms with Gasteiger partial charge in [0.1, 0.15) is 5.69 Å². The van der Waals surface area contributed by atoms with Gasteiger partial charge in [0.15, 0.2) is 0 Å². The number of hydrogen-bond acceptors (Lipinski definition) is 4. The molecule has 0 aliphatic carbocycles. The molecule has 2 aromatic heterocycles. The van der Waals surface area contributed by atoms with Crippen LogP contribution in [0, 0.1) is 0 Å². The summed E-state index contributed by atoms with van der Waals surface area (Å²) in [6, 6.07) is 17.7. The van der Waals surface area contributed by atoms with Gasteiger partial charge < -0.3 is 15.6 Å². The Morgan fingerprint density at radius 3 is 2.67 bits per heavy atom. The average Bonchev–Trinajstić information content (AvgIpc) is 3.17. The van der Waals surface area contributed by atoms with E-state index >= 15 is 0 Å². The molecular weight excluding hydrogens is 374 g/mol. The molecule has 6 nitrogen and oxygen atoms in total. The minimum absolute atomic E-state index is 0.255. The number of benzene rings is 2. The van der Waals surface area contributed by atoms with Gasteiger partial charge in [-0.25, -0.2) is 9.97 Å². The van der Waals surface area contributed by atoms with E-state index in [1.165, 1.54) is 16.5 Å². The third-order valence-electron chi connectivity index (χ3n) is 5.08. The molecule has 0 aliphatic rings. The molecule has 0 saturated carbocycles. The van der Waals surface area contributed by atoms with Gasteiger partial charge in [-0.3, -0.25) is 4.79 Å². The Balaban J connectivity index is 1.36. The SMILES string of the molecule is CC(C)c1ccc(NC(=O)c2ccnc(NCCc3c[nH]c4ccccc34)n2)cc1. The van der Waals surface area contributed by atoms with E-state index in [9.17, 15) is 4.79 Å². The van der Waals surface area contributed by atoms with Gasteiger partial charge in [-0.15, -0.1) is 0 Å². The first-order valence-electron chi connectivity index (χ1n) is 10.1. The highest BCUT2D eigenvalue weighted by molar-refractivity contribution is 6.02. The van der Waals surface area contributed by atoms with Gasteiger partial charge in [0.25, 0.3) is 5.91 Å². The van der Waals surface area contributed by atoms with E-state index in [1.54, 1.807) is 12.3 Å². The van der Waals surface area contributed by atoms with Crippen molar-refractivity contribution in [3.05, 3.63) is 83.8 Å². The standard InChI is InChI=1S/C24H25N5O/c1-16(2)17-7-9-19(10-8-17)28-23(30)22-12-14-26-24(29-22)25-13-11-18-15-27-21-6-4-3-5-20(18)21/h3-10,12,14-16,27H,11,13H2,1-2H3,(H,28,30)(H,25,26,29). The Labute approximate surface area is 175 Å².